The molecule has 0 saturated heterocycles. The van der Waals surface area contributed by atoms with Crippen LogP contribution in [0.2, 0.25) is 0 Å². The van der Waals surface area contributed by atoms with E-state index in [9.17, 15) is 4.79 Å². The number of aromatic nitrogens is 2. The zero-order valence-corrected chi connectivity index (χ0v) is 16.5. The molecule has 0 aliphatic carbocycles. The third kappa shape index (κ3) is 6.29. The maximum Gasteiger partial charge on any atom is 0.241 e. The Kier molecular flexibility index (Phi) is 7.16. The van der Waals surface area contributed by atoms with Crippen molar-refractivity contribution in [1.82, 2.24) is 25.3 Å². The number of hydrogen-bond acceptors (Lipinski definition) is 3. The molecule has 1 aromatic heterocycles. The number of hydrogen-bond donors (Lipinski definition) is 2. The Bertz CT molecular complexity index is 807. The van der Waals surface area contributed by atoms with Crippen molar-refractivity contribution in [1.29, 1.82) is 0 Å². The summed E-state index contributed by atoms with van der Waals surface area (Å²) in [6.45, 7) is 7.03. The minimum absolute atomic E-state index is 0.0221. The molecule has 1 amide bonds. The second kappa shape index (κ2) is 9.56. The maximum atomic E-state index is 11.9. The number of aliphatic imine (C=N–C) groups is 1. The van der Waals surface area contributed by atoms with E-state index < -0.39 is 0 Å². The van der Waals surface area contributed by atoms with Crippen LogP contribution in [0.3, 0.4) is 0 Å². The summed E-state index contributed by atoms with van der Waals surface area (Å²) in [6.07, 6.45) is 1.97. The van der Waals surface area contributed by atoms with Gasteiger partial charge in [0.05, 0.1) is 18.8 Å². The number of aryl methyl sites for hydroxylation is 1. The van der Waals surface area contributed by atoms with E-state index >= 15 is 0 Å². The first-order chi connectivity index (χ1) is 12.9. The molecule has 0 fully saturated rings. The number of guanidine groups is 1. The van der Waals surface area contributed by atoms with E-state index in [1.807, 2.05) is 50.5 Å². The van der Waals surface area contributed by atoms with Gasteiger partial charge < -0.3 is 15.5 Å². The zero-order chi connectivity index (χ0) is 19.8. The maximum absolute atomic E-state index is 11.9. The quantitative estimate of drug-likeness (QED) is 0.444. The largest absolute Gasteiger partial charge is 0.353 e. The van der Waals surface area contributed by atoms with Crippen LogP contribution in [0.25, 0.3) is 11.3 Å². The molecule has 0 aliphatic heterocycles. The van der Waals surface area contributed by atoms with E-state index in [-0.39, 0.29) is 12.5 Å². The van der Waals surface area contributed by atoms with Crippen molar-refractivity contribution in [3.8, 4) is 11.3 Å². The van der Waals surface area contributed by atoms with Gasteiger partial charge in [0, 0.05) is 45.0 Å². The molecule has 2 N–H and O–H groups in total. The molecule has 0 saturated carbocycles. The van der Waals surface area contributed by atoms with Gasteiger partial charge in [-0.25, -0.2) is 4.99 Å². The first-order valence-electron chi connectivity index (χ1n) is 8.81. The summed E-state index contributed by atoms with van der Waals surface area (Å²) in [4.78, 5) is 18.0. The van der Waals surface area contributed by atoms with Crippen molar-refractivity contribution in [2.24, 2.45) is 12.0 Å². The van der Waals surface area contributed by atoms with Gasteiger partial charge in [-0.05, 0) is 6.92 Å². The Labute approximate surface area is 160 Å². The van der Waals surface area contributed by atoms with E-state index in [1.54, 1.807) is 18.8 Å². The standard InChI is InChI=1S/C20H28N6O/c1-15(2)11-21-20(23-13-18(27)25(3)4)22-12-17-14-26(5)24-19(17)16-9-7-6-8-10-16/h6-10,14H,1,11-13H2,2-5H3,(H2,21,22,23). The fourth-order valence-corrected chi connectivity index (χ4v) is 2.38. The lowest BCUT2D eigenvalue weighted by Gasteiger charge is -2.15. The SMILES string of the molecule is C=C(C)CNC(=NCc1cn(C)nc1-c1ccccc1)NCC(=O)N(C)C. The Hall–Kier alpha value is -3.09. The van der Waals surface area contributed by atoms with Gasteiger partial charge in [0.15, 0.2) is 5.96 Å². The molecule has 0 aliphatic rings. The van der Waals surface area contributed by atoms with Crippen LogP contribution >= 0.6 is 0 Å². The molecule has 144 valence electrons. The number of nitrogens with one attached hydrogen (secondary N) is 2. The topological polar surface area (TPSA) is 74.5 Å². The van der Waals surface area contributed by atoms with Gasteiger partial charge in [0.25, 0.3) is 0 Å². The molecule has 0 bridgehead atoms. The van der Waals surface area contributed by atoms with Crippen LogP contribution in [0.5, 0.6) is 0 Å². The first kappa shape index (κ1) is 20.2. The summed E-state index contributed by atoms with van der Waals surface area (Å²) in [5, 5.41) is 10.8. The molecule has 2 aromatic rings. The summed E-state index contributed by atoms with van der Waals surface area (Å²) in [5.74, 6) is 0.544. The van der Waals surface area contributed by atoms with Crippen LogP contribution in [0.15, 0.2) is 53.7 Å². The van der Waals surface area contributed by atoms with E-state index in [0.29, 0.717) is 19.0 Å². The average Bonchev–Trinajstić information content (AvgIpc) is 3.02. The normalized spacial score (nSPS) is 11.2. The summed E-state index contributed by atoms with van der Waals surface area (Å²) in [7, 11) is 5.35. The summed E-state index contributed by atoms with van der Waals surface area (Å²) in [6, 6.07) is 10.0. The van der Waals surface area contributed by atoms with E-state index in [2.05, 4.69) is 27.3 Å². The minimum Gasteiger partial charge on any atom is -0.353 e. The van der Waals surface area contributed by atoms with Gasteiger partial charge in [0.2, 0.25) is 5.91 Å². The Morgan fingerprint density at radius 3 is 2.52 bits per heavy atom. The van der Waals surface area contributed by atoms with Crippen molar-refractivity contribution < 1.29 is 4.79 Å². The van der Waals surface area contributed by atoms with Crippen molar-refractivity contribution in [2.75, 3.05) is 27.2 Å². The van der Waals surface area contributed by atoms with Crippen LogP contribution < -0.4 is 10.6 Å². The monoisotopic (exact) mass is 368 g/mol. The Morgan fingerprint density at radius 1 is 1.22 bits per heavy atom. The van der Waals surface area contributed by atoms with Gasteiger partial charge >= 0.3 is 0 Å². The van der Waals surface area contributed by atoms with E-state index in [4.69, 9.17) is 0 Å². The lowest BCUT2D eigenvalue weighted by molar-refractivity contribution is -0.127. The fraction of sp³-hybridized carbons (Fsp3) is 0.350. The third-order valence-electron chi connectivity index (χ3n) is 3.82. The van der Waals surface area contributed by atoms with Gasteiger partial charge in [-0.15, -0.1) is 0 Å². The Morgan fingerprint density at radius 2 is 1.89 bits per heavy atom. The molecular weight excluding hydrogens is 340 g/mol. The summed E-state index contributed by atoms with van der Waals surface area (Å²) >= 11 is 0. The molecule has 0 atom stereocenters. The highest BCUT2D eigenvalue weighted by Gasteiger charge is 2.11. The highest BCUT2D eigenvalue weighted by atomic mass is 16.2. The molecule has 0 radical (unpaired) electrons. The second-order valence-electron chi connectivity index (χ2n) is 6.66. The fourth-order valence-electron chi connectivity index (χ4n) is 2.38. The lowest BCUT2D eigenvalue weighted by atomic mass is 10.1. The lowest BCUT2D eigenvalue weighted by Crippen LogP contribution is -2.43. The van der Waals surface area contributed by atoms with Gasteiger partial charge in [-0.2, -0.15) is 5.10 Å². The van der Waals surface area contributed by atoms with Gasteiger partial charge in [-0.3, -0.25) is 9.48 Å². The molecule has 27 heavy (non-hydrogen) atoms. The number of benzene rings is 1. The molecule has 0 spiro atoms. The number of amides is 1. The van der Waals surface area contributed by atoms with Crippen LogP contribution in [0, 0.1) is 0 Å². The zero-order valence-electron chi connectivity index (χ0n) is 16.5. The van der Waals surface area contributed by atoms with Crippen LogP contribution in [0.1, 0.15) is 12.5 Å². The predicted molar refractivity (Wildman–Crippen MR) is 109 cm³/mol. The summed E-state index contributed by atoms with van der Waals surface area (Å²) < 4.78 is 1.79. The Balaban J connectivity index is 2.17. The number of likely N-dealkylation sites (N-methyl/N-ethyl adjacent to an activating group) is 1. The summed E-state index contributed by atoms with van der Waals surface area (Å²) in [5.41, 5.74) is 3.95. The molecule has 7 heteroatoms. The minimum atomic E-state index is -0.0221. The molecule has 0 unspecified atom stereocenters. The highest BCUT2D eigenvalue weighted by molar-refractivity contribution is 5.86. The van der Waals surface area contributed by atoms with E-state index in [1.165, 1.54) is 4.90 Å². The molecule has 1 aromatic carbocycles. The molecular formula is C20H28N6O. The van der Waals surface area contributed by atoms with Crippen LogP contribution in [0.4, 0.5) is 0 Å². The second-order valence-corrected chi connectivity index (χ2v) is 6.66. The predicted octanol–water partition coefficient (Wildman–Crippen LogP) is 1.79. The number of carbonyl (C=O) groups is 1. The number of nitrogens with zero attached hydrogens (tertiary/aromatic N) is 4. The highest BCUT2D eigenvalue weighted by Crippen LogP contribution is 2.22. The van der Waals surface area contributed by atoms with Crippen molar-refractivity contribution in [2.45, 2.75) is 13.5 Å². The van der Waals surface area contributed by atoms with Crippen molar-refractivity contribution in [3.05, 3.63) is 54.2 Å². The van der Waals surface area contributed by atoms with Crippen LogP contribution in [-0.2, 0) is 18.4 Å². The molecule has 7 nitrogen and oxygen atoms in total. The average molecular weight is 368 g/mol. The smallest absolute Gasteiger partial charge is 0.241 e. The molecule has 1 heterocycles. The van der Waals surface area contributed by atoms with Crippen molar-refractivity contribution in [3.63, 3.8) is 0 Å². The van der Waals surface area contributed by atoms with Gasteiger partial charge in [-0.1, -0.05) is 42.5 Å². The molecule has 2 rings (SSSR count). The van der Waals surface area contributed by atoms with Crippen LogP contribution in [-0.4, -0.2) is 53.7 Å². The first-order valence-corrected chi connectivity index (χ1v) is 8.81. The van der Waals surface area contributed by atoms with E-state index in [0.717, 1.165) is 22.4 Å². The number of carbonyl (C=O) groups excluding carboxylic acids is 1. The third-order valence-corrected chi connectivity index (χ3v) is 3.82. The van der Waals surface area contributed by atoms with Crippen molar-refractivity contribution >= 4 is 11.9 Å². The van der Waals surface area contributed by atoms with Gasteiger partial charge in [0.1, 0.15) is 0 Å². The number of rotatable bonds is 7.